The van der Waals surface area contributed by atoms with Gasteiger partial charge < -0.3 is 15.8 Å². The van der Waals surface area contributed by atoms with Crippen LogP contribution in [0.15, 0.2) is 24.3 Å². The zero-order valence-corrected chi connectivity index (χ0v) is 13.7. The van der Waals surface area contributed by atoms with E-state index < -0.39 is 0 Å². The Morgan fingerprint density at radius 1 is 1.35 bits per heavy atom. The van der Waals surface area contributed by atoms with Crippen molar-refractivity contribution in [2.45, 2.75) is 32.4 Å². The van der Waals surface area contributed by atoms with E-state index in [1.54, 1.807) is 7.11 Å². The summed E-state index contributed by atoms with van der Waals surface area (Å²) in [7, 11) is 1.62. The highest BCUT2D eigenvalue weighted by atomic mass is 16.5. The second-order valence-corrected chi connectivity index (χ2v) is 5.92. The van der Waals surface area contributed by atoms with Crippen LogP contribution in [-0.4, -0.2) is 43.0 Å². The number of methoxy groups -OCH3 is 1. The number of carbonyl (C=O) groups excluding carboxylic acids is 2. The fourth-order valence-electron chi connectivity index (χ4n) is 2.92. The zero-order chi connectivity index (χ0) is 16.8. The third kappa shape index (κ3) is 4.45. The van der Waals surface area contributed by atoms with Crippen molar-refractivity contribution < 1.29 is 14.3 Å². The Morgan fingerprint density at radius 3 is 2.61 bits per heavy atom. The van der Waals surface area contributed by atoms with Gasteiger partial charge in [-0.1, -0.05) is 18.2 Å². The number of rotatable bonds is 6. The van der Waals surface area contributed by atoms with Gasteiger partial charge in [0.25, 0.3) is 0 Å². The molecule has 23 heavy (non-hydrogen) atoms. The van der Waals surface area contributed by atoms with Gasteiger partial charge >= 0.3 is 0 Å². The van der Waals surface area contributed by atoms with Crippen molar-refractivity contribution >= 4 is 11.8 Å². The molecule has 0 radical (unpaired) electrons. The highest BCUT2D eigenvalue weighted by Crippen LogP contribution is 2.19. The maximum atomic E-state index is 12.3. The molecule has 0 saturated carbocycles. The molecule has 6 nitrogen and oxygen atoms in total. The molecule has 1 atom stereocenters. The molecule has 126 valence electrons. The van der Waals surface area contributed by atoms with E-state index in [-0.39, 0.29) is 23.8 Å². The van der Waals surface area contributed by atoms with Crippen LogP contribution in [0.5, 0.6) is 5.75 Å². The Balaban J connectivity index is 1.85. The molecular formula is C17H25N3O3. The summed E-state index contributed by atoms with van der Waals surface area (Å²) in [6, 6.07) is 7.40. The molecule has 6 heteroatoms. The molecule has 1 fully saturated rings. The third-order valence-corrected chi connectivity index (χ3v) is 4.50. The van der Waals surface area contributed by atoms with Gasteiger partial charge in [0.1, 0.15) is 5.75 Å². The SMILES string of the molecule is COc1ccccc1CNC(=O)[C@H](C)N1CCC(C(N)=O)CC1. The number of primary amides is 1. The Kier molecular flexibility index (Phi) is 5.98. The number of piperidine rings is 1. The second kappa shape index (κ2) is 7.97. The number of nitrogens with two attached hydrogens (primary N) is 1. The Morgan fingerprint density at radius 2 is 2.00 bits per heavy atom. The molecular weight excluding hydrogens is 294 g/mol. The lowest BCUT2D eigenvalue weighted by Gasteiger charge is -2.34. The van der Waals surface area contributed by atoms with Crippen molar-refractivity contribution in [2.24, 2.45) is 11.7 Å². The first-order chi connectivity index (χ1) is 11.0. The van der Waals surface area contributed by atoms with Gasteiger partial charge in [-0.2, -0.15) is 0 Å². The molecule has 0 unspecified atom stereocenters. The van der Waals surface area contributed by atoms with Crippen molar-refractivity contribution in [3.05, 3.63) is 29.8 Å². The van der Waals surface area contributed by atoms with Crippen LogP contribution in [0.4, 0.5) is 0 Å². The van der Waals surface area contributed by atoms with Gasteiger partial charge in [0.2, 0.25) is 11.8 Å². The van der Waals surface area contributed by atoms with E-state index in [1.807, 2.05) is 31.2 Å². The summed E-state index contributed by atoms with van der Waals surface area (Å²) in [5.41, 5.74) is 6.29. The molecule has 1 heterocycles. The van der Waals surface area contributed by atoms with Crippen LogP contribution < -0.4 is 15.8 Å². The van der Waals surface area contributed by atoms with Crippen LogP contribution in [-0.2, 0) is 16.1 Å². The molecule has 0 aliphatic carbocycles. The van der Waals surface area contributed by atoms with E-state index in [0.717, 1.165) is 37.2 Å². The number of likely N-dealkylation sites (tertiary alicyclic amines) is 1. The summed E-state index contributed by atoms with van der Waals surface area (Å²) < 4.78 is 5.28. The minimum atomic E-state index is -0.238. The van der Waals surface area contributed by atoms with Gasteiger partial charge in [-0.3, -0.25) is 14.5 Å². The van der Waals surface area contributed by atoms with Gasteiger partial charge in [-0.25, -0.2) is 0 Å². The van der Waals surface area contributed by atoms with E-state index in [4.69, 9.17) is 10.5 Å². The van der Waals surface area contributed by atoms with Gasteiger partial charge in [-0.05, 0) is 38.9 Å². The lowest BCUT2D eigenvalue weighted by atomic mass is 9.95. The minimum absolute atomic E-state index is 0.0200. The van der Waals surface area contributed by atoms with Crippen molar-refractivity contribution in [2.75, 3.05) is 20.2 Å². The molecule has 2 rings (SSSR count). The number of nitrogens with one attached hydrogen (secondary N) is 1. The van der Waals surface area contributed by atoms with Gasteiger partial charge in [0.05, 0.1) is 13.2 Å². The van der Waals surface area contributed by atoms with Gasteiger partial charge in [0, 0.05) is 18.0 Å². The average molecular weight is 319 g/mol. The number of para-hydroxylation sites is 1. The largest absolute Gasteiger partial charge is 0.496 e. The maximum Gasteiger partial charge on any atom is 0.237 e. The molecule has 1 aliphatic heterocycles. The van der Waals surface area contributed by atoms with Gasteiger partial charge in [-0.15, -0.1) is 0 Å². The maximum absolute atomic E-state index is 12.3. The van der Waals surface area contributed by atoms with E-state index in [2.05, 4.69) is 10.2 Å². The number of benzene rings is 1. The average Bonchev–Trinajstić information content (AvgIpc) is 2.59. The third-order valence-electron chi connectivity index (χ3n) is 4.50. The summed E-state index contributed by atoms with van der Waals surface area (Å²) in [6.45, 7) is 3.76. The lowest BCUT2D eigenvalue weighted by molar-refractivity contribution is -0.127. The highest BCUT2D eigenvalue weighted by Gasteiger charge is 2.28. The highest BCUT2D eigenvalue weighted by molar-refractivity contribution is 5.81. The predicted molar refractivity (Wildman–Crippen MR) is 87.8 cm³/mol. The quantitative estimate of drug-likeness (QED) is 0.816. The van der Waals surface area contributed by atoms with Crippen molar-refractivity contribution in [3.8, 4) is 5.75 Å². The smallest absolute Gasteiger partial charge is 0.237 e. The van der Waals surface area contributed by atoms with Crippen LogP contribution in [0, 0.1) is 5.92 Å². The van der Waals surface area contributed by atoms with Crippen LogP contribution in [0.25, 0.3) is 0 Å². The molecule has 1 aromatic carbocycles. The Hall–Kier alpha value is -2.08. The topological polar surface area (TPSA) is 84.7 Å². The number of amides is 2. The number of nitrogens with zero attached hydrogens (tertiary/aromatic N) is 1. The Labute approximate surface area is 137 Å². The molecule has 1 aromatic rings. The fourth-order valence-corrected chi connectivity index (χ4v) is 2.92. The van der Waals surface area contributed by atoms with Gasteiger partial charge in [0.15, 0.2) is 0 Å². The molecule has 2 amide bonds. The van der Waals surface area contributed by atoms with E-state index in [0.29, 0.717) is 6.54 Å². The first-order valence-corrected chi connectivity index (χ1v) is 7.96. The fraction of sp³-hybridized carbons (Fsp3) is 0.529. The number of carbonyl (C=O) groups is 2. The zero-order valence-electron chi connectivity index (χ0n) is 13.7. The lowest BCUT2D eigenvalue weighted by Crippen LogP contribution is -2.49. The number of hydrogen-bond acceptors (Lipinski definition) is 4. The first kappa shape index (κ1) is 17.3. The van der Waals surface area contributed by atoms with Crippen LogP contribution in [0.3, 0.4) is 0 Å². The predicted octanol–water partition coefficient (Wildman–Crippen LogP) is 0.897. The molecule has 0 aromatic heterocycles. The first-order valence-electron chi connectivity index (χ1n) is 7.96. The second-order valence-electron chi connectivity index (χ2n) is 5.92. The number of ether oxygens (including phenoxy) is 1. The summed E-state index contributed by atoms with van der Waals surface area (Å²) in [6.07, 6.45) is 1.44. The van der Waals surface area contributed by atoms with Crippen molar-refractivity contribution in [3.63, 3.8) is 0 Å². The normalized spacial score (nSPS) is 17.5. The number of hydrogen-bond donors (Lipinski definition) is 2. The molecule has 0 bridgehead atoms. The minimum Gasteiger partial charge on any atom is -0.496 e. The van der Waals surface area contributed by atoms with E-state index in [9.17, 15) is 9.59 Å². The molecule has 1 saturated heterocycles. The summed E-state index contributed by atoms with van der Waals surface area (Å²) in [5.74, 6) is 0.448. The molecule has 0 spiro atoms. The van der Waals surface area contributed by atoms with Crippen LogP contribution in [0.1, 0.15) is 25.3 Å². The summed E-state index contributed by atoms with van der Waals surface area (Å²) in [4.78, 5) is 25.6. The van der Waals surface area contributed by atoms with Crippen LogP contribution >= 0.6 is 0 Å². The molecule has 3 N–H and O–H groups in total. The Bertz CT molecular complexity index is 554. The van der Waals surface area contributed by atoms with E-state index >= 15 is 0 Å². The van der Waals surface area contributed by atoms with Crippen molar-refractivity contribution in [1.29, 1.82) is 0 Å². The summed E-state index contributed by atoms with van der Waals surface area (Å²) in [5, 5.41) is 2.95. The summed E-state index contributed by atoms with van der Waals surface area (Å²) >= 11 is 0. The monoisotopic (exact) mass is 319 g/mol. The van der Waals surface area contributed by atoms with Crippen LogP contribution in [0.2, 0.25) is 0 Å². The van der Waals surface area contributed by atoms with E-state index in [1.165, 1.54) is 0 Å². The van der Waals surface area contributed by atoms with Crippen molar-refractivity contribution in [1.82, 2.24) is 10.2 Å². The standard InChI is InChI=1S/C17H25N3O3/c1-12(20-9-7-13(8-10-20)16(18)21)17(22)19-11-14-5-3-4-6-15(14)23-2/h3-6,12-13H,7-11H2,1-2H3,(H2,18,21)(H,19,22)/t12-/m0/s1. The molecule has 1 aliphatic rings.